The summed E-state index contributed by atoms with van der Waals surface area (Å²) in [5.74, 6) is -4.94. The second-order valence-corrected chi connectivity index (χ2v) is 8.97. The minimum absolute atomic E-state index is 0.0198. The molecule has 13 nitrogen and oxygen atoms in total. The zero-order valence-corrected chi connectivity index (χ0v) is 21.2. The third-order valence-electron chi connectivity index (χ3n) is 5.75. The summed E-state index contributed by atoms with van der Waals surface area (Å²) in [7, 11) is 0. The average Bonchev–Trinajstić information content (AvgIpc) is 2.88. The van der Waals surface area contributed by atoms with E-state index in [0.29, 0.717) is 11.1 Å². The molecule has 0 saturated carbocycles. The maximum Gasteiger partial charge on any atom is 0.326 e. The first-order chi connectivity index (χ1) is 18.3. The van der Waals surface area contributed by atoms with Gasteiger partial charge in [0.05, 0.1) is 6.04 Å². The van der Waals surface area contributed by atoms with Crippen LogP contribution in [-0.2, 0) is 36.8 Å². The zero-order valence-electron chi connectivity index (χ0n) is 21.2. The van der Waals surface area contributed by atoms with Gasteiger partial charge in [0, 0.05) is 12.8 Å². The molecule has 4 unspecified atom stereocenters. The van der Waals surface area contributed by atoms with E-state index < -0.39 is 60.2 Å². The van der Waals surface area contributed by atoms with Crippen LogP contribution in [0.4, 0.5) is 0 Å². The highest BCUT2D eigenvalue weighted by molar-refractivity contribution is 5.94. The van der Waals surface area contributed by atoms with Crippen LogP contribution in [0.5, 0.6) is 11.5 Å². The number of carboxylic acid groups (broad SMARTS) is 2. The first-order valence-corrected chi connectivity index (χ1v) is 12.0. The minimum atomic E-state index is -1.40. The van der Waals surface area contributed by atoms with Gasteiger partial charge in [-0.05, 0) is 55.2 Å². The number of amides is 3. The molecule has 39 heavy (non-hydrogen) atoms. The number of carbonyl (C=O) groups is 5. The Kier molecular flexibility index (Phi) is 11.2. The van der Waals surface area contributed by atoms with Crippen molar-refractivity contribution in [3.05, 3.63) is 59.7 Å². The van der Waals surface area contributed by atoms with Gasteiger partial charge in [0.25, 0.3) is 0 Å². The lowest BCUT2D eigenvalue weighted by atomic mass is 10.0. The number of aliphatic carboxylic acids is 2. The van der Waals surface area contributed by atoms with Gasteiger partial charge >= 0.3 is 11.9 Å². The Labute approximate surface area is 224 Å². The van der Waals surface area contributed by atoms with Gasteiger partial charge in [-0.3, -0.25) is 19.2 Å². The molecule has 0 radical (unpaired) electrons. The number of rotatable bonds is 14. The molecule has 0 aromatic heterocycles. The largest absolute Gasteiger partial charge is 0.508 e. The summed E-state index contributed by atoms with van der Waals surface area (Å²) >= 11 is 0. The van der Waals surface area contributed by atoms with Crippen molar-refractivity contribution < 1.29 is 44.4 Å². The molecule has 4 atom stereocenters. The first kappa shape index (κ1) is 30.6. The van der Waals surface area contributed by atoms with Crippen LogP contribution in [0, 0.1) is 0 Å². The summed E-state index contributed by atoms with van der Waals surface area (Å²) in [5.41, 5.74) is 7.10. The number of benzene rings is 2. The van der Waals surface area contributed by atoms with Gasteiger partial charge in [0.2, 0.25) is 17.7 Å². The highest BCUT2D eigenvalue weighted by atomic mass is 16.4. The quantitative estimate of drug-likeness (QED) is 0.154. The number of carboxylic acids is 2. The lowest BCUT2D eigenvalue weighted by Crippen LogP contribution is -2.56. The van der Waals surface area contributed by atoms with E-state index in [2.05, 4.69) is 16.0 Å². The molecule has 0 bridgehead atoms. The standard InChI is InChI=1S/C26H32N4O9/c1-14(28-24(36)19(27)12-15-2-6-17(31)7-3-15)23(35)29-20(10-11-22(33)34)25(37)30-21(26(38)39)13-16-4-8-18(32)9-5-16/h2-9,14,19-21,31-32H,10-13,27H2,1H3,(H,28,36)(H,29,35)(H,30,37)(H,33,34)(H,38,39). The summed E-state index contributed by atoms with van der Waals surface area (Å²) in [4.78, 5) is 60.9. The van der Waals surface area contributed by atoms with Crippen LogP contribution < -0.4 is 21.7 Å². The number of carbonyl (C=O) groups excluding carboxylic acids is 3. The molecule has 2 rings (SSSR count). The lowest BCUT2D eigenvalue weighted by Gasteiger charge is -2.23. The van der Waals surface area contributed by atoms with Gasteiger partial charge in [0.15, 0.2) is 0 Å². The second-order valence-electron chi connectivity index (χ2n) is 8.97. The van der Waals surface area contributed by atoms with Gasteiger partial charge in [-0.2, -0.15) is 0 Å². The van der Waals surface area contributed by atoms with Gasteiger partial charge in [-0.1, -0.05) is 24.3 Å². The Morgan fingerprint density at radius 1 is 0.718 bits per heavy atom. The molecule has 0 aliphatic carbocycles. The molecule has 0 saturated heterocycles. The molecule has 0 spiro atoms. The molecule has 2 aromatic carbocycles. The molecular formula is C26H32N4O9. The molecular weight excluding hydrogens is 512 g/mol. The second kappa shape index (κ2) is 14.3. The zero-order chi connectivity index (χ0) is 29.1. The van der Waals surface area contributed by atoms with Crippen LogP contribution in [-0.4, -0.2) is 74.3 Å². The summed E-state index contributed by atoms with van der Waals surface area (Å²) in [6, 6.07) is 6.78. The van der Waals surface area contributed by atoms with Crippen LogP contribution in [0.2, 0.25) is 0 Å². The van der Waals surface area contributed by atoms with Crippen molar-refractivity contribution >= 4 is 29.7 Å². The number of phenols is 2. The number of hydrogen-bond acceptors (Lipinski definition) is 8. The predicted molar refractivity (Wildman–Crippen MR) is 138 cm³/mol. The van der Waals surface area contributed by atoms with E-state index >= 15 is 0 Å². The highest BCUT2D eigenvalue weighted by Crippen LogP contribution is 2.13. The molecule has 210 valence electrons. The molecule has 0 heterocycles. The van der Waals surface area contributed by atoms with Crippen LogP contribution in [0.3, 0.4) is 0 Å². The molecule has 13 heteroatoms. The van der Waals surface area contributed by atoms with E-state index in [1.165, 1.54) is 43.3 Å². The number of aromatic hydroxyl groups is 2. The normalized spacial score (nSPS) is 13.8. The third-order valence-corrected chi connectivity index (χ3v) is 5.75. The highest BCUT2D eigenvalue weighted by Gasteiger charge is 2.29. The fourth-order valence-electron chi connectivity index (χ4n) is 3.54. The average molecular weight is 545 g/mol. The third kappa shape index (κ3) is 10.3. The summed E-state index contributed by atoms with van der Waals surface area (Å²) in [6.45, 7) is 1.34. The van der Waals surface area contributed by atoms with E-state index in [4.69, 9.17) is 10.8 Å². The molecule has 0 aliphatic heterocycles. The van der Waals surface area contributed by atoms with Crippen molar-refractivity contribution in [1.29, 1.82) is 0 Å². The minimum Gasteiger partial charge on any atom is -0.508 e. The number of nitrogens with two attached hydrogens (primary N) is 1. The van der Waals surface area contributed by atoms with Crippen LogP contribution in [0.15, 0.2) is 48.5 Å². The van der Waals surface area contributed by atoms with E-state index in [9.17, 15) is 39.3 Å². The summed E-state index contributed by atoms with van der Waals surface area (Å²) in [6.07, 6.45) is -0.833. The molecule has 9 N–H and O–H groups in total. The molecule has 2 aromatic rings. The smallest absolute Gasteiger partial charge is 0.326 e. The van der Waals surface area contributed by atoms with Gasteiger partial charge in [0.1, 0.15) is 29.6 Å². The Hall–Kier alpha value is -4.65. The Morgan fingerprint density at radius 3 is 1.69 bits per heavy atom. The summed E-state index contributed by atoms with van der Waals surface area (Å²) < 4.78 is 0. The summed E-state index contributed by atoms with van der Waals surface area (Å²) in [5, 5.41) is 44.5. The number of phenolic OH excluding ortho intramolecular Hbond substituents is 2. The SMILES string of the molecule is CC(NC(=O)C(N)Cc1ccc(O)cc1)C(=O)NC(CCC(=O)O)C(=O)NC(Cc1ccc(O)cc1)C(=O)O. The van der Waals surface area contributed by atoms with Crippen molar-refractivity contribution in [1.82, 2.24) is 16.0 Å². The van der Waals surface area contributed by atoms with E-state index in [0.717, 1.165) is 0 Å². The Balaban J connectivity index is 2.02. The Morgan fingerprint density at radius 2 is 1.21 bits per heavy atom. The van der Waals surface area contributed by atoms with Crippen LogP contribution in [0.25, 0.3) is 0 Å². The van der Waals surface area contributed by atoms with Crippen molar-refractivity contribution in [2.24, 2.45) is 5.73 Å². The van der Waals surface area contributed by atoms with Gasteiger partial charge in [-0.25, -0.2) is 4.79 Å². The van der Waals surface area contributed by atoms with Crippen molar-refractivity contribution in [3.8, 4) is 11.5 Å². The van der Waals surface area contributed by atoms with Crippen molar-refractivity contribution in [2.45, 2.75) is 56.8 Å². The van der Waals surface area contributed by atoms with Gasteiger partial charge < -0.3 is 42.1 Å². The van der Waals surface area contributed by atoms with E-state index in [-0.39, 0.29) is 30.8 Å². The maximum absolute atomic E-state index is 12.9. The monoisotopic (exact) mass is 544 g/mol. The van der Waals surface area contributed by atoms with Crippen LogP contribution >= 0.6 is 0 Å². The van der Waals surface area contributed by atoms with E-state index in [1.54, 1.807) is 12.1 Å². The van der Waals surface area contributed by atoms with Crippen LogP contribution in [0.1, 0.15) is 30.9 Å². The van der Waals surface area contributed by atoms with Crippen molar-refractivity contribution in [2.75, 3.05) is 0 Å². The van der Waals surface area contributed by atoms with Crippen molar-refractivity contribution in [3.63, 3.8) is 0 Å². The fourth-order valence-corrected chi connectivity index (χ4v) is 3.54. The lowest BCUT2D eigenvalue weighted by molar-refractivity contribution is -0.143. The molecule has 0 fully saturated rings. The Bertz CT molecular complexity index is 1170. The topological polar surface area (TPSA) is 228 Å². The molecule has 0 aliphatic rings. The predicted octanol–water partition coefficient (Wildman–Crippen LogP) is -0.366. The van der Waals surface area contributed by atoms with Gasteiger partial charge in [-0.15, -0.1) is 0 Å². The maximum atomic E-state index is 12.9. The first-order valence-electron chi connectivity index (χ1n) is 12.0. The number of nitrogens with one attached hydrogen (secondary N) is 3. The van der Waals surface area contributed by atoms with E-state index in [1.807, 2.05) is 0 Å². The fraction of sp³-hybridized carbons (Fsp3) is 0.346. The molecule has 3 amide bonds. The number of hydrogen-bond donors (Lipinski definition) is 8.